The number of ether oxygens (including phenoxy) is 4. The van der Waals surface area contributed by atoms with E-state index in [4.69, 9.17) is 18.9 Å². The van der Waals surface area contributed by atoms with Crippen LogP contribution in [-0.2, 0) is 6.42 Å². The summed E-state index contributed by atoms with van der Waals surface area (Å²) in [6, 6.07) is 8.78. The molecule has 0 radical (unpaired) electrons. The summed E-state index contributed by atoms with van der Waals surface area (Å²) in [4.78, 5) is 2.57. The van der Waals surface area contributed by atoms with Gasteiger partial charge in [0.15, 0.2) is 23.0 Å². The lowest BCUT2D eigenvalue weighted by Gasteiger charge is -2.43. The van der Waals surface area contributed by atoms with Crippen molar-refractivity contribution in [1.82, 2.24) is 4.90 Å². The molecule has 164 valence electrons. The first-order chi connectivity index (χ1) is 15.2. The van der Waals surface area contributed by atoms with Crippen LogP contribution in [0.2, 0.25) is 0 Å². The Bertz CT molecular complexity index is 1010. The van der Waals surface area contributed by atoms with Crippen molar-refractivity contribution >= 4 is 11.8 Å². The summed E-state index contributed by atoms with van der Waals surface area (Å²) in [7, 11) is 3.46. The Balaban J connectivity index is 1.61. The summed E-state index contributed by atoms with van der Waals surface area (Å²) in [5.41, 5.74) is 6.34. The molecule has 0 spiro atoms. The van der Waals surface area contributed by atoms with E-state index in [1.165, 1.54) is 53.6 Å². The van der Waals surface area contributed by atoms with Gasteiger partial charge in [-0.05, 0) is 48.2 Å². The Hall–Kier alpha value is -2.82. The molecule has 3 aliphatic rings. The molecular formula is C26H31NO4. The van der Waals surface area contributed by atoms with Gasteiger partial charge >= 0.3 is 0 Å². The fraction of sp³-hybridized carbons (Fsp3) is 0.462. The van der Waals surface area contributed by atoms with Gasteiger partial charge in [-0.3, -0.25) is 0 Å². The fourth-order valence-corrected chi connectivity index (χ4v) is 5.23. The third-order valence-corrected chi connectivity index (χ3v) is 6.76. The minimum Gasteiger partial charge on any atom is -0.493 e. The van der Waals surface area contributed by atoms with Gasteiger partial charge in [0, 0.05) is 23.4 Å². The minimum atomic E-state index is 0.274. The van der Waals surface area contributed by atoms with Gasteiger partial charge in [-0.15, -0.1) is 0 Å². The van der Waals surface area contributed by atoms with E-state index in [1.807, 2.05) is 6.07 Å². The van der Waals surface area contributed by atoms with E-state index in [0.29, 0.717) is 6.79 Å². The van der Waals surface area contributed by atoms with Gasteiger partial charge in [-0.2, -0.15) is 0 Å². The zero-order chi connectivity index (χ0) is 21.4. The summed E-state index contributed by atoms with van der Waals surface area (Å²) in [5.74, 6) is 3.38. The normalized spacial score (nSPS) is 18.1. The number of rotatable bonds is 7. The molecule has 0 aromatic heterocycles. The first kappa shape index (κ1) is 20.1. The standard InChI is InChI=1S/C26H31NO4/c1-4-5-6-7-8-20-25-18(9-10-22(28-2)26(25)29-3)13-21-19-15-24-23(30-16-31-24)14-17(19)11-12-27(20)21/h9-10,13-15,20H,4-8,11-12,16H2,1-3H3/t20-/m1/s1. The van der Waals surface area contributed by atoms with Crippen molar-refractivity contribution in [3.8, 4) is 23.0 Å². The molecule has 0 saturated carbocycles. The largest absolute Gasteiger partial charge is 0.493 e. The van der Waals surface area contributed by atoms with Gasteiger partial charge < -0.3 is 23.8 Å². The molecule has 0 bridgehead atoms. The number of nitrogens with zero attached hydrogens (tertiary/aromatic N) is 1. The van der Waals surface area contributed by atoms with Crippen molar-refractivity contribution in [2.24, 2.45) is 0 Å². The maximum Gasteiger partial charge on any atom is 0.231 e. The highest BCUT2D eigenvalue weighted by Gasteiger charge is 2.36. The molecule has 0 fully saturated rings. The molecule has 0 aliphatic carbocycles. The second-order valence-electron chi connectivity index (χ2n) is 8.50. The summed E-state index contributed by atoms with van der Waals surface area (Å²) in [6.45, 7) is 3.55. The van der Waals surface area contributed by atoms with Gasteiger partial charge in [0.1, 0.15) is 0 Å². The van der Waals surface area contributed by atoms with Gasteiger partial charge in [0.05, 0.1) is 20.3 Å². The molecule has 0 amide bonds. The number of hydrogen-bond acceptors (Lipinski definition) is 5. The lowest BCUT2D eigenvalue weighted by molar-refractivity contribution is 0.174. The molecule has 0 unspecified atom stereocenters. The van der Waals surface area contributed by atoms with Gasteiger partial charge in [0.2, 0.25) is 6.79 Å². The van der Waals surface area contributed by atoms with Crippen molar-refractivity contribution < 1.29 is 18.9 Å². The quantitative estimate of drug-likeness (QED) is 0.527. The van der Waals surface area contributed by atoms with Gasteiger partial charge in [-0.1, -0.05) is 38.7 Å². The molecule has 3 aliphatic heterocycles. The van der Waals surface area contributed by atoms with Crippen LogP contribution in [-0.4, -0.2) is 32.5 Å². The second kappa shape index (κ2) is 8.37. The van der Waals surface area contributed by atoms with Gasteiger partial charge in [0.25, 0.3) is 0 Å². The predicted molar refractivity (Wildman–Crippen MR) is 122 cm³/mol. The van der Waals surface area contributed by atoms with E-state index in [0.717, 1.165) is 42.4 Å². The SMILES string of the molecule is CCCCCC[C@@H]1c2c(ccc(OC)c2OC)C=C2c3cc4c(cc3CCN21)OCO4. The monoisotopic (exact) mass is 421 g/mol. The van der Waals surface area contributed by atoms with Crippen molar-refractivity contribution in [2.75, 3.05) is 27.6 Å². The molecule has 1 atom stereocenters. The Labute approximate surface area is 184 Å². The van der Waals surface area contributed by atoms with E-state index in [-0.39, 0.29) is 6.04 Å². The average Bonchev–Trinajstić information content (AvgIpc) is 3.26. The van der Waals surface area contributed by atoms with E-state index in [2.05, 4.69) is 36.1 Å². The Kier molecular flexibility index (Phi) is 5.43. The van der Waals surface area contributed by atoms with Crippen molar-refractivity contribution in [3.63, 3.8) is 0 Å². The molecule has 5 rings (SSSR count). The van der Waals surface area contributed by atoms with E-state index >= 15 is 0 Å². The zero-order valence-corrected chi connectivity index (χ0v) is 18.7. The molecule has 0 saturated heterocycles. The van der Waals surface area contributed by atoms with Crippen LogP contribution in [0.15, 0.2) is 24.3 Å². The summed E-state index contributed by atoms with van der Waals surface area (Å²) < 4.78 is 22.8. The van der Waals surface area contributed by atoms with Crippen molar-refractivity contribution in [3.05, 3.63) is 46.5 Å². The predicted octanol–water partition coefficient (Wildman–Crippen LogP) is 5.81. The average molecular weight is 422 g/mol. The smallest absolute Gasteiger partial charge is 0.231 e. The van der Waals surface area contributed by atoms with Crippen LogP contribution in [0.4, 0.5) is 0 Å². The van der Waals surface area contributed by atoms with E-state index in [1.54, 1.807) is 14.2 Å². The van der Waals surface area contributed by atoms with E-state index in [9.17, 15) is 0 Å². The lowest BCUT2D eigenvalue weighted by atomic mass is 9.84. The third-order valence-electron chi connectivity index (χ3n) is 6.76. The molecule has 2 aromatic rings. The third kappa shape index (κ3) is 3.40. The minimum absolute atomic E-state index is 0.274. The molecule has 31 heavy (non-hydrogen) atoms. The summed E-state index contributed by atoms with van der Waals surface area (Å²) >= 11 is 0. The topological polar surface area (TPSA) is 40.2 Å². The van der Waals surface area contributed by atoms with Crippen LogP contribution in [0.3, 0.4) is 0 Å². The second-order valence-corrected chi connectivity index (χ2v) is 8.50. The van der Waals surface area contributed by atoms with Crippen LogP contribution < -0.4 is 18.9 Å². The highest BCUT2D eigenvalue weighted by atomic mass is 16.7. The van der Waals surface area contributed by atoms with Crippen LogP contribution in [0.5, 0.6) is 23.0 Å². The maximum atomic E-state index is 5.88. The number of hydrogen-bond donors (Lipinski definition) is 0. The zero-order valence-electron chi connectivity index (χ0n) is 18.7. The van der Waals surface area contributed by atoms with Crippen LogP contribution in [0.1, 0.15) is 67.3 Å². The molecular weight excluding hydrogens is 390 g/mol. The van der Waals surface area contributed by atoms with Gasteiger partial charge in [-0.25, -0.2) is 0 Å². The first-order valence-electron chi connectivity index (χ1n) is 11.4. The number of fused-ring (bicyclic) bond motifs is 5. The molecule has 5 nitrogen and oxygen atoms in total. The van der Waals surface area contributed by atoms with Crippen LogP contribution in [0, 0.1) is 0 Å². The molecule has 5 heteroatoms. The van der Waals surface area contributed by atoms with Crippen LogP contribution >= 0.6 is 0 Å². The maximum absolute atomic E-state index is 5.88. The Morgan fingerprint density at radius 1 is 1.03 bits per heavy atom. The summed E-state index contributed by atoms with van der Waals surface area (Å²) in [6.07, 6.45) is 9.40. The highest BCUT2D eigenvalue weighted by molar-refractivity contribution is 5.88. The molecule has 3 heterocycles. The lowest BCUT2D eigenvalue weighted by Crippen LogP contribution is -2.35. The van der Waals surface area contributed by atoms with Crippen molar-refractivity contribution in [2.45, 2.75) is 51.5 Å². The van der Waals surface area contributed by atoms with E-state index < -0.39 is 0 Å². The van der Waals surface area contributed by atoms with Crippen molar-refractivity contribution in [1.29, 1.82) is 0 Å². The molecule has 0 N–H and O–H groups in total. The number of benzene rings is 2. The Morgan fingerprint density at radius 3 is 2.65 bits per heavy atom. The Morgan fingerprint density at radius 2 is 1.87 bits per heavy atom. The number of unbranched alkanes of at least 4 members (excludes halogenated alkanes) is 3. The van der Waals surface area contributed by atoms with Crippen LogP contribution in [0.25, 0.3) is 11.8 Å². The highest BCUT2D eigenvalue weighted by Crippen LogP contribution is 2.51. The number of methoxy groups -OCH3 is 2. The first-order valence-corrected chi connectivity index (χ1v) is 11.4. The summed E-state index contributed by atoms with van der Waals surface area (Å²) in [5, 5.41) is 0. The fourth-order valence-electron chi connectivity index (χ4n) is 5.23. The molecule has 2 aromatic carbocycles.